The molecule has 0 heterocycles. The van der Waals surface area contributed by atoms with Gasteiger partial charge in [0.05, 0.1) is 5.75 Å². The summed E-state index contributed by atoms with van der Waals surface area (Å²) in [6, 6.07) is 12.6. The van der Waals surface area contributed by atoms with E-state index in [0.717, 1.165) is 23.2 Å². The molecule has 0 spiro atoms. The van der Waals surface area contributed by atoms with E-state index in [1.807, 2.05) is 32.0 Å². The number of carbonyl (C=O) groups excluding carboxylic acids is 1. The highest BCUT2D eigenvalue weighted by molar-refractivity contribution is 7.89. The molecule has 2 aromatic rings. The fraction of sp³-hybridized carbons (Fsp3) is 0.278. The highest BCUT2D eigenvalue weighted by Gasteiger charge is 2.12. The molecular formula is C18H21NO3S. The first-order valence-corrected chi connectivity index (χ1v) is 9.52. The molecule has 0 saturated carbocycles. The van der Waals surface area contributed by atoms with Gasteiger partial charge in [-0.3, -0.25) is 4.79 Å². The Balaban J connectivity index is 2.27. The van der Waals surface area contributed by atoms with Crippen LogP contribution in [0.2, 0.25) is 0 Å². The first-order valence-electron chi connectivity index (χ1n) is 7.46. The van der Waals surface area contributed by atoms with E-state index in [9.17, 15) is 13.2 Å². The third kappa shape index (κ3) is 4.66. The minimum atomic E-state index is -3.13. The van der Waals surface area contributed by atoms with Gasteiger partial charge in [0.1, 0.15) is 0 Å². The Morgan fingerprint density at radius 3 is 2.48 bits per heavy atom. The molecule has 0 fully saturated rings. The van der Waals surface area contributed by atoms with Crippen LogP contribution in [0, 0.1) is 6.92 Å². The van der Waals surface area contributed by atoms with Gasteiger partial charge in [0.2, 0.25) is 0 Å². The molecule has 0 aliphatic heterocycles. The van der Waals surface area contributed by atoms with Gasteiger partial charge in [0.15, 0.2) is 9.84 Å². The average molecular weight is 331 g/mol. The smallest absolute Gasteiger partial charge is 0.255 e. The van der Waals surface area contributed by atoms with Crippen LogP contribution >= 0.6 is 0 Å². The van der Waals surface area contributed by atoms with Crippen LogP contribution in [0.4, 0.5) is 5.69 Å². The summed E-state index contributed by atoms with van der Waals surface area (Å²) in [7, 11) is -3.13. The Labute approximate surface area is 137 Å². The summed E-state index contributed by atoms with van der Waals surface area (Å²) in [5, 5.41) is 2.95. The third-order valence-corrected chi connectivity index (χ3v) is 4.45. The van der Waals surface area contributed by atoms with Crippen LogP contribution < -0.4 is 5.32 Å². The Bertz CT molecular complexity index is 826. The fourth-order valence-electron chi connectivity index (χ4n) is 2.49. The number of anilines is 1. The van der Waals surface area contributed by atoms with Crippen LogP contribution in [0.15, 0.2) is 42.5 Å². The molecule has 1 amide bonds. The minimum Gasteiger partial charge on any atom is -0.321 e. The Morgan fingerprint density at radius 2 is 1.83 bits per heavy atom. The Morgan fingerprint density at radius 1 is 1.13 bits per heavy atom. The molecule has 2 rings (SSSR count). The van der Waals surface area contributed by atoms with Gasteiger partial charge in [-0.05, 0) is 42.2 Å². The van der Waals surface area contributed by atoms with Crippen molar-refractivity contribution < 1.29 is 13.2 Å². The maximum absolute atomic E-state index is 12.5. The summed E-state index contributed by atoms with van der Waals surface area (Å²) in [4.78, 5) is 12.5. The van der Waals surface area contributed by atoms with Crippen LogP contribution in [0.3, 0.4) is 0 Å². The zero-order valence-electron chi connectivity index (χ0n) is 13.6. The number of aryl methyl sites for hydroxylation is 2. The number of benzene rings is 2. The molecule has 1 N–H and O–H groups in total. The number of para-hydroxylation sites is 1. The highest BCUT2D eigenvalue weighted by atomic mass is 32.2. The van der Waals surface area contributed by atoms with Gasteiger partial charge in [-0.15, -0.1) is 0 Å². The second-order valence-corrected chi connectivity index (χ2v) is 7.83. The monoisotopic (exact) mass is 331 g/mol. The molecule has 4 nitrogen and oxygen atoms in total. The summed E-state index contributed by atoms with van der Waals surface area (Å²) in [6.07, 6.45) is 2.01. The second kappa shape index (κ2) is 6.96. The lowest BCUT2D eigenvalue weighted by molar-refractivity contribution is 0.102. The lowest BCUT2D eigenvalue weighted by atomic mass is 10.0. The fourth-order valence-corrected chi connectivity index (χ4v) is 3.28. The van der Waals surface area contributed by atoms with E-state index in [2.05, 4.69) is 5.32 Å². The van der Waals surface area contributed by atoms with Gasteiger partial charge < -0.3 is 5.32 Å². The first-order chi connectivity index (χ1) is 10.8. The van der Waals surface area contributed by atoms with Crippen molar-refractivity contribution in [2.45, 2.75) is 26.0 Å². The number of hydrogen-bond donors (Lipinski definition) is 1. The molecule has 5 heteroatoms. The third-order valence-electron chi connectivity index (χ3n) is 3.60. The molecule has 0 aromatic heterocycles. The first kappa shape index (κ1) is 17.2. The molecule has 0 atom stereocenters. The zero-order chi connectivity index (χ0) is 17.0. The molecule has 0 bridgehead atoms. The number of hydrogen-bond acceptors (Lipinski definition) is 3. The molecule has 122 valence electrons. The molecular weight excluding hydrogens is 310 g/mol. The molecule has 0 aliphatic carbocycles. The highest BCUT2D eigenvalue weighted by Crippen LogP contribution is 2.22. The molecule has 0 radical (unpaired) electrons. The molecule has 0 saturated heterocycles. The lowest BCUT2D eigenvalue weighted by Crippen LogP contribution is -2.15. The second-order valence-electron chi connectivity index (χ2n) is 5.69. The van der Waals surface area contributed by atoms with Crippen LogP contribution in [0.5, 0.6) is 0 Å². The summed E-state index contributed by atoms with van der Waals surface area (Å²) in [6.45, 7) is 3.99. The van der Waals surface area contributed by atoms with E-state index in [0.29, 0.717) is 11.1 Å². The van der Waals surface area contributed by atoms with Gasteiger partial charge in [-0.1, -0.05) is 37.3 Å². The van der Waals surface area contributed by atoms with Crippen LogP contribution in [-0.2, 0) is 22.0 Å². The van der Waals surface area contributed by atoms with Crippen molar-refractivity contribution in [1.82, 2.24) is 0 Å². The number of carbonyl (C=O) groups is 1. The van der Waals surface area contributed by atoms with Crippen molar-refractivity contribution in [2.75, 3.05) is 11.6 Å². The van der Waals surface area contributed by atoms with Crippen LogP contribution in [-0.4, -0.2) is 20.6 Å². The van der Waals surface area contributed by atoms with Crippen molar-refractivity contribution >= 4 is 21.4 Å². The van der Waals surface area contributed by atoms with E-state index < -0.39 is 9.84 Å². The quantitative estimate of drug-likeness (QED) is 0.914. The van der Waals surface area contributed by atoms with Crippen molar-refractivity contribution in [1.29, 1.82) is 0 Å². The van der Waals surface area contributed by atoms with Gasteiger partial charge in [-0.25, -0.2) is 8.42 Å². The van der Waals surface area contributed by atoms with Crippen molar-refractivity contribution in [2.24, 2.45) is 0 Å². The normalized spacial score (nSPS) is 11.3. The van der Waals surface area contributed by atoms with Crippen LogP contribution in [0.25, 0.3) is 0 Å². The minimum absolute atomic E-state index is 0.0707. The average Bonchev–Trinajstić information content (AvgIpc) is 2.47. The van der Waals surface area contributed by atoms with E-state index in [1.54, 1.807) is 24.3 Å². The number of amides is 1. The summed E-state index contributed by atoms with van der Waals surface area (Å²) in [5.74, 6) is -0.303. The largest absolute Gasteiger partial charge is 0.321 e. The van der Waals surface area contributed by atoms with Gasteiger partial charge in [0, 0.05) is 17.5 Å². The maximum Gasteiger partial charge on any atom is 0.255 e. The standard InChI is InChI=1S/C18H21NO3S/c1-4-15-9-5-7-13(2)17(15)19-18(20)16-10-6-8-14(11-16)12-23(3,21)22/h5-11H,4,12H2,1-3H3,(H,19,20). The molecule has 0 unspecified atom stereocenters. The van der Waals surface area contributed by atoms with E-state index in [4.69, 9.17) is 0 Å². The predicted molar refractivity (Wildman–Crippen MR) is 93.5 cm³/mol. The zero-order valence-corrected chi connectivity index (χ0v) is 14.4. The van der Waals surface area contributed by atoms with Gasteiger partial charge in [-0.2, -0.15) is 0 Å². The van der Waals surface area contributed by atoms with Crippen molar-refractivity contribution in [3.63, 3.8) is 0 Å². The summed E-state index contributed by atoms with van der Waals surface area (Å²) >= 11 is 0. The topological polar surface area (TPSA) is 63.2 Å². The Kier molecular flexibility index (Phi) is 5.21. The lowest BCUT2D eigenvalue weighted by Gasteiger charge is -2.13. The number of rotatable bonds is 5. The van der Waals surface area contributed by atoms with Crippen LogP contribution in [0.1, 0.15) is 34.0 Å². The van der Waals surface area contributed by atoms with E-state index in [1.165, 1.54) is 6.26 Å². The Hall–Kier alpha value is -2.14. The number of sulfone groups is 1. The van der Waals surface area contributed by atoms with Crippen molar-refractivity contribution in [3.05, 3.63) is 64.7 Å². The molecule has 2 aromatic carbocycles. The maximum atomic E-state index is 12.5. The molecule has 23 heavy (non-hydrogen) atoms. The van der Waals surface area contributed by atoms with Gasteiger partial charge >= 0.3 is 0 Å². The SMILES string of the molecule is CCc1cccc(C)c1NC(=O)c1cccc(CS(C)(=O)=O)c1. The molecule has 0 aliphatic rings. The van der Waals surface area contributed by atoms with Crippen molar-refractivity contribution in [3.8, 4) is 0 Å². The summed E-state index contributed by atoms with van der Waals surface area (Å²) in [5.41, 5.74) is 3.97. The van der Waals surface area contributed by atoms with E-state index >= 15 is 0 Å². The van der Waals surface area contributed by atoms with E-state index in [-0.39, 0.29) is 11.7 Å². The predicted octanol–water partition coefficient (Wildman–Crippen LogP) is 3.35. The van der Waals surface area contributed by atoms with Gasteiger partial charge in [0.25, 0.3) is 5.91 Å². The summed E-state index contributed by atoms with van der Waals surface area (Å²) < 4.78 is 22.8. The number of nitrogens with one attached hydrogen (secondary N) is 1.